The van der Waals surface area contributed by atoms with Gasteiger partial charge in [-0.25, -0.2) is 0 Å². The third-order valence-electron chi connectivity index (χ3n) is 4.06. The molecule has 1 amide bonds. The van der Waals surface area contributed by atoms with Crippen LogP contribution in [0.4, 0.5) is 0 Å². The fourth-order valence-electron chi connectivity index (χ4n) is 2.76. The molecule has 2 aromatic rings. The van der Waals surface area contributed by atoms with Crippen molar-refractivity contribution in [3.8, 4) is 0 Å². The normalized spacial score (nSPS) is 14.3. The van der Waals surface area contributed by atoms with Gasteiger partial charge in [0.1, 0.15) is 11.6 Å². The summed E-state index contributed by atoms with van der Waals surface area (Å²) in [5.74, 6) is 2.72. The molecule has 112 valence electrons. The van der Waals surface area contributed by atoms with Crippen LogP contribution in [-0.4, -0.2) is 37.3 Å². The molecule has 0 N–H and O–H groups in total. The van der Waals surface area contributed by atoms with E-state index < -0.39 is 0 Å². The summed E-state index contributed by atoms with van der Waals surface area (Å²) in [7, 11) is 0. The highest BCUT2D eigenvalue weighted by atomic mass is 16.5. The minimum absolute atomic E-state index is 0.141. The smallest absolute Gasteiger partial charge is 0.223 e. The van der Waals surface area contributed by atoms with Crippen LogP contribution in [-0.2, 0) is 24.3 Å². The molecule has 3 rings (SSSR count). The van der Waals surface area contributed by atoms with Crippen LogP contribution in [0.25, 0.3) is 0 Å². The van der Waals surface area contributed by atoms with E-state index in [9.17, 15) is 4.79 Å². The lowest BCUT2D eigenvalue weighted by atomic mass is 10.1. The number of hydrogen-bond donors (Lipinski definition) is 0. The van der Waals surface area contributed by atoms with Gasteiger partial charge in [0.05, 0.1) is 12.2 Å². The second-order valence-electron chi connectivity index (χ2n) is 5.43. The van der Waals surface area contributed by atoms with Crippen molar-refractivity contribution in [3.63, 3.8) is 0 Å². The Morgan fingerprint density at radius 2 is 2.05 bits per heavy atom. The minimum atomic E-state index is 0.141. The summed E-state index contributed by atoms with van der Waals surface area (Å²) in [6, 6.07) is 0. The number of carbonyl (C=O) groups is 1. The fourth-order valence-corrected chi connectivity index (χ4v) is 2.76. The van der Waals surface area contributed by atoms with E-state index in [0.29, 0.717) is 25.9 Å². The van der Waals surface area contributed by atoms with Gasteiger partial charge in [0.25, 0.3) is 0 Å². The van der Waals surface area contributed by atoms with Gasteiger partial charge in [0.15, 0.2) is 5.82 Å². The predicted octanol–water partition coefficient (Wildman–Crippen LogP) is 1.17. The van der Waals surface area contributed by atoms with Gasteiger partial charge < -0.3 is 14.0 Å². The average Bonchev–Trinajstić information content (AvgIpc) is 3.00. The lowest BCUT2D eigenvalue weighted by Crippen LogP contribution is -2.38. The first kappa shape index (κ1) is 13.8. The van der Waals surface area contributed by atoms with Gasteiger partial charge in [-0.3, -0.25) is 4.79 Å². The molecular formula is C14H19N5O2. The van der Waals surface area contributed by atoms with Gasteiger partial charge >= 0.3 is 0 Å². The summed E-state index contributed by atoms with van der Waals surface area (Å²) in [6.45, 7) is 7.75. The third-order valence-corrected chi connectivity index (χ3v) is 4.06. The van der Waals surface area contributed by atoms with Crippen molar-refractivity contribution in [2.75, 3.05) is 6.54 Å². The first-order chi connectivity index (χ1) is 10.1. The minimum Gasteiger partial charge on any atom is -0.361 e. The summed E-state index contributed by atoms with van der Waals surface area (Å²) in [4.78, 5) is 14.2. The van der Waals surface area contributed by atoms with Crippen molar-refractivity contribution in [2.24, 2.45) is 0 Å². The van der Waals surface area contributed by atoms with E-state index >= 15 is 0 Å². The zero-order valence-electron chi connectivity index (χ0n) is 12.6. The summed E-state index contributed by atoms with van der Waals surface area (Å²) >= 11 is 0. The molecule has 2 aromatic heterocycles. The topological polar surface area (TPSA) is 77.0 Å². The van der Waals surface area contributed by atoms with E-state index in [2.05, 4.69) is 19.9 Å². The maximum Gasteiger partial charge on any atom is 0.223 e. The van der Waals surface area contributed by atoms with Crippen LogP contribution in [0.1, 0.15) is 35.1 Å². The highest BCUT2D eigenvalue weighted by Gasteiger charge is 2.23. The maximum atomic E-state index is 12.3. The molecule has 3 heterocycles. The van der Waals surface area contributed by atoms with Crippen LogP contribution >= 0.6 is 0 Å². The Balaban J connectivity index is 1.62. The van der Waals surface area contributed by atoms with E-state index in [1.54, 1.807) is 0 Å². The molecule has 0 fully saturated rings. The van der Waals surface area contributed by atoms with Gasteiger partial charge in [-0.2, -0.15) is 0 Å². The van der Waals surface area contributed by atoms with Gasteiger partial charge in [-0.15, -0.1) is 10.2 Å². The van der Waals surface area contributed by atoms with Crippen LogP contribution in [0, 0.1) is 20.8 Å². The molecule has 0 spiro atoms. The Kier molecular flexibility index (Phi) is 3.48. The molecule has 1 aliphatic rings. The molecule has 0 aromatic carbocycles. The van der Waals surface area contributed by atoms with Crippen LogP contribution in [0.5, 0.6) is 0 Å². The Hall–Kier alpha value is -2.18. The van der Waals surface area contributed by atoms with Crippen molar-refractivity contribution in [1.82, 2.24) is 24.8 Å². The highest BCUT2D eigenvalue weighted by molar-refractivity contribution is 5.76. The fraction of sp³-hybridized carbons (Fsp3) is 0.571. The van der Waals surface area contributed by atoms with Crippen molar-refractivity contribution in [2.45, 2.75) is 46.7 Å². The summed E-state index contributed by atoms with van der Waals surface area (Å²) in [5.41, 5.74) is 1.91. The summed E-state index contributed by atoms with van der Waals surface area (Å²) < 4.78 is 7.19. The van der Waals surface area contributed by atoms with E-state index in [0.717, 1.165) is 35.2 Å². The van der Waals surface area contributed by atoms with E-state index in [1.165, 1.54) is 0 Å². The number of hydrogen-bond acceptors (Lipinski definition) is 5. The molecule has 0 unspecified atom stereocenters. The van der Waals surface area contributed by atoms with Gasteiger partial charge in [-0.05, 0) is 27.2 Å². The van der Waals surface area contributed by atoms with Crippen molar-refractivity contribution >= 4 is 5.91 Å². The van der Waals surface area contributed by atoms with Crippen molar-refractivity contribution in [3.05, 3.63) is 28.7 Å². The zero-order valence-corrected chi connectivity index (χ0v) is 12.6. The van der Waals surface area contributed by atoms with Gasteiger partial charge in [0, 0.05) is 25.1 Å². The maximum absolute atomic E-state index is 12.3. The molecule has 0 aliphatic carbocycles. The molecule has 0 bridgehead atoms. The zero-order chi connectivity index (χ0) is 15.0. The standard InChI is InChI=1S/C14H19N5O2/c1-9-12(10(2)21-17-9)4-5-14(20)18-6-7-19-11(3)15-16-13(19)8-18/h4-8H2,1-3H3. The number of rotatable bonds is 3. The Bertz CT molecular complexity index is 653. The summed E-state index contributed by atoms with van der Waals surface area (Å²) in [5, 5.41) is 12.1. The quantitative estimate of drug-likeness (QED) is 0.847. The number of aryl methyl sites for hydroxylation is 3. The van der Waals surface area contributed by atoms with Crippen LogP contribution in [0.3, 0.4) is 0 Å². The van der Waals surface area contributed by atoms with Crippen molar-refractivity contribution < 1.29 is 9.32 Å². The number of nitrogens with zero attached hydrogens (tertiary/aromatic N) is 5. The second-order valence-corrected chi connectivity index (χ2v) is 5.43. The molecule has 0 saturated carbocycles. The number of carbonyl (C=O) groups excluding carboxylic acids is 1. The Morgan fingerprint density at radius 1 is 1.24 bits per heavy atom. The molecule has 0 atom stereocenters. The van der Waals surface area contributed by atoms with E-state index in [1.807, 2.05) is 25.7 Å². The molecule has 0 radical (unpaired) electrons. The number of fused-ring (bicyclic) bond motifs is 1. The second kappa shape index (κ2) is 5.31. The Morgan fingerprint density at radius 3 is 2.76 bits per heavy atom. The SMILES string of the molecule is Cc1noc(C)c1CCC(=O)N1CCn2c(C)nnc2C1. The lowest BCUT2D eigenvalue weighted by molar-refractivity contribution is -0.132. The monoisotopic (exact) mass is 289 g/mol. The summed E-state index contributed by atoms with van der Waals surface area (Å²) in [6.07, 6.45) is 1.14. The number of aromatic nitrogens is 4. The van der Waals surface area contributed by atoms with E-state index in [4.69, 9.17) is 4.52 Å². The number of amides is 1. The van der Waals surface area contributed by atoms with Gasteiger partial charge in [0.2, 0.25) is 5.91 Å². The van der Waals surface area contributed by atoms with Crippen LogP contribution in [0.15, 0.2) is 4.52 Å². The first-order valence-electron chi connectivity index (χ1n) is 7.14. The molecule has 1 aliphatic heterocycles. The third kappa shape index (κ3) is 2.55. The van der Waals surface area contributed by atoms with Crippen molar-refractivity contribution in [1.29, 1.82) is 0 Å². The average molecular weight is 289 g/mol. The molecule has 21 heavy (non-hydrogen) atoms. The predicted molar refractivity (Wildman–Crippen MR) is 74.5 cm³/mol. The molecule has 7 nitrogen and oxygen atoms in total. The van der Waals surface area contributed by atoms with Crippen LogP contribution < -0.4 is 0 Å². The molecule has 0 saturated heterocycles. The van der Waals surface area contributed by atoms with E-state index in [-0.39, 0.29) is 5.91 Å². The van der Waals surface area contributed by atoms with Crippen LogP contribution in [0.2, 0.25) is 0 Å². The molecular weight excluding hydrogens is 270 g/mol. The highest BCUT2D eigenvalue weighted by Crippen LogP contribution is 2.17. The first-order valence-corrected chi connectivity index (χ1v) is 7.14. The lowest BCUT2D eigenvalue weighted by Gasteiger charge is -2.27. The largest absolute Gasteiger partial charge is 0.361 e. The molecule has 7 heteroatoms. The van der Waals surface area contributed by atoms with Gasteiger partial charge in [-0.1, -0.05) is 5.16 Å². The Labute approximate surface area is 122 Å².